The molecule has 1 unspecified atom stereocenters. The first-order valence-corrected chi connectivity index (χ1v) is 10.1. The van der Waals surface area contributed by atoms with E-state index in [-0.39, 0.29) is 11.2 Å². The van der Waals surface area contributed by atoms with Crippen molar-refractivity contribution in [1.29, 1.82) is 0 Å². The van der Waals surface area contributed by atoms with Gasteiger partial charge < -0.3 is 9.32 Å². The molecule has 3 heterocycles. The largest absolute Gasteiger partial charge is 0.410 e. The van der Waals surface area contributed by atoms with Crippen LogP contribution in [0, 0.1) is 13.8 Å². The van der Waals surface area contributed by atoms with Gasteiger partial charge in [-0.3, -0.25) is 4.79 Å². The van der Waals surface area contributed by atoms with Crippen molar-refractivity contribution in [2.24, 2.45) is 0 Å². The summed E-state index contributed by atoms with van der Waals surface area (Å²) in [5, 5.41) is 9.26. The van der Waals surface area contributed by atoms with Crippen LogP contribution < -0.4 is 4.90 Å². The maximum atomic E-state index is 12.9. The average molecular weight is 387 g/mol. The molecule has 6 nitrogen and oxygen atoms in total. The highest BCUT2D eigenvalue weighted by molar-refractivity contribution is 8.00. The van der Waals surface area contributed by atoms with Gasteiger partial charge >= 0.3 is 0 Å². The van der Waals surface area contributed by atoms with Crippen molar-refractivity contribution in [3.8, 4) is 10.8 Å². The molecular formula is C18H18N4O2S2. The van der Waals surface area contributed by atoms with E-state index in [9.17, 15) is 4.79 Å². The lowest BCUT2D eigenvalue weighted by Gasteiger charge is -2.20. The summed E-state index contributed by atoms with van der Waals surface area (Å²) in [5.74, 6) is 0.520. The van der Waals surface area contributed by atoms with Crippen LogP contribution in [0.3, 0.4) is 0 Å². The second-order valence-electron chi connectivity index (χ2n) is 6.15. The Bertz CT molecular complexity index is 966. The van der Waals surface area contributed by atoms with Gasteiger partial charge in [0.05, 0.1) is 16.0 Å². The Kier molecular flexibility index (Phi) is 4.54. The molecule has 1 amide bonds. The molecule has 0 bridgehead atoms. The minimum Gasteiger partial charge on any atom is -0.410 e. The number of thiazole rings is 1. The van der Waals surface area contributed by atoms with Crippen molar-refractivity contribution in [2.45, 2.75) is 37.7 Å². The first-order valence-electron chi connectivity index (χ1n) is 8.37. The number of amides is 1. The van der Waals surface area contributed by atoms with Crippen molar-refractivity contribution >= 4 is 34.7 Å². The van der Waals surface area contributed by atoms with E-state index in [2.05, 4.69) is 21.2 Å². The highest BCUT2D eigenvalue weighted by atomic mass is 32.2. The highest BCUT2D eigenvalue weighted by Crippen LogP contribution is 2.34. The van der Waals surface area contributed by atoms with Gasteiger partial charge in [-0.25, -0.2) is 4.98 Å². The van der Waals surface area contributed by atoms with Gasteiger partial charge in [-0.2, -0.15) is 0 Å². The SMILES string of the molecule is Cc1nc(C)c(-c2nnc(SC(C)C(=O)N3CCc4ccccc43)o2)s1. The molecule has 3 aromatic rings. The first-order chi connectivity index (χ1) is 12.5. The van der Waals surface area contributed by atoms with E-state index in [1.165, 1.54) is 28.7 Å². The normalized spacial score (nSPS) is 14.5. The lowest BCUT2D eigenvalue weighted by Crippen LogP contribution is -2.35. The third-order valence-corrected chi connectivity index (χ3v) is 6.27. The first kappa shape index (κ1) is 17.2. The zero-order valence-corrected chi connectivity index (χ0v) is 16.4. The number of nitrogens with zero attached hydrogens (tertiary/aromatic N) is 4. The van der Waals surface area contributed by atoms with Crippen LogP contribution in [-0.2, 0) is 11.2 Å². The van der Waals surface area contributed by atoms with Crippen molar-refractivity contribution in [3.05, 3.63) is 40.5 Å². The Balaban J connectivity index is 1.48. The number of carbonyl (C=O) groups is 1. The number of aryl methyl sites for hydroxylation is 2. The molecular weight excluding hydrogens is 368 g/mol. The summed E-state index contributed by atoms with van der Waals surface area (Å²) >= 11 is 2.82. The van der Waals surface area contributed by atoms with Crippen molar-refractivity contribution in [2.75, 3.05) is 11.4 Å². The highest BCUT2D eigenvalue weighted by Gasteiger charge is 2.29. The topological polar surface area (TPSA) is 72.1 Å². The Labute approximate surface area is 159 Å². The molecule has 0 fully saturated rings. The smallest absolute Gasteiger partial charge is 0.277 e. The number of carbonyl (C=O) groups excluding carboxylic acids is 1. The monoisotopic (exact) mass is 386 g/mol. The van der Waals surface area contributed by atoms with Gasteiger partial charge in [-0.05, 0) is 38.8 Å². The van der Waals surface area contributed by atoms with Crippen molar-refractivity contribution in [3.63, 3.8) is 0 Å². The van der Waals surface area contributed by atoms with Gasteiger partial charge in [0.25, 0.3) is 11.1 Å². The lowest BCUT2D eigenvalue weighted by molar-refractivity contribution is -0.117. The maximum absolute atomic E-state index is 12.9. The Hall–Kier alpha value is -2.19. The molecule has 1 aliphatic heterocycles. The molecule has 2 aromatic heterocycles. The van der Waals surface area contributed by atoms with E-state index in [0.29, 0.717) is 11.1 Å². The minimum absolute atomic E-state index is 0.0597. The summed E-state index contributed by atoms with van der Waals surface area (Å²) in [6, 6.07) is 8.04. The van der Waals surface area contributed by atoms with Crippen LogP contribution in [0.4, 0.5) is 5.69 Å². The molecule has 26 heavy (non-hydrogen) atoms. The zero-order valence-electron chi connectivity index (χ0n) is 14.7. The number of hydrogen-bond acceptors (Lipinski definition) is 7. The molecule has 0 aliphatic carbocycles. The van der Waals surface area contributed by atoms with E-state index in [0.717, 1.165) is 34.2 Å². The van der Waals surface area contributed by atoms with E-state index >= 15 is 0 Å². The molecule has 1 aromatic carbocycles. The van der Waals surface area contributed by atoms with Crippen LogP contribution in [0.5, 0.6) is 0 Å². The summed E-state index contributed by atoms with van der Waals surface area (Å²) in [7, 11) is 0. The standard InChI is InChI=1S/C18H18N4O2S2/c1-10-15(26-12(3)19-10)16-20-21-18(24-16)25-11(2)17(23)22-9-8-13-6-4-5-7-14(13)22/h4-7,11H,8-9H2,1-3H3. The second-order valence-corrected chi connectivity index (χ2v) is 8.64. The summed E-state index contributed by atoms with van der Waals surface area (Å²) in [6.45, 7) is 6.46. The average Bonchev–Trinajstić information content (AvgIpc) is 3.32. The third kappa shape index (κ3) is 3.14. The molecule has 1 aliphatic rings. The van der Waals surface area contributed by atoms with Gasteiger partial charge in [0.2, 0.25) is 5.91 Å². The molecule has 0 spiro atoms. The van der Waals surface area contributed by atoms with Gasteiger partial charge in [0.15, 0.2) is 0 Å². The van der Waals surface area contributed by atoms with Crippen molar-refractivity contribution < 1.29 is 9.21 Å². The minimum atomic E-state index is -0.307. The fourth-order valence-corrected chi connectivity index (χ4v) is 4.65. The van der Waals surface area contributed by atoms with E-state index < -0.39 is 0 Å². The van der Waals surface area contributed by atoms with Crippen LogP contribution in [-0.4, -0.2) is 32.9 Å². The number of rotatable bonds is 4. The summed E-state index contributed by atoms with van der Waals surface area (Å²) in [4.78, 5) is 20.0. The molecule has 0 saturated heterocycles. The predicted octanol–water partition coefficient (Wildman–Crippen LogP) is 3.88. The van der Waals surface area contributed by atoms with E-state index in [4.69, 9.17) is 4.42 Å². The fraction of sp³-hybridized carbons (Fsp3) is 0.333. The number of hydrogen-bond donors (Lipinski definition) is 0. The van der Waals surface area contributed by atoms with Crippen LogP contribution in [0.2, 0.25) is 0 Å². The van der Waals surface area contributed by atoms with Crippen molar-refractivity contribution in [1.82, 2.24) is 15.2 Å². The van der Waals surface area contributed by atoms with E-state index in [1.807, 2.05) is 43.9 Å². The number of anilines is 1. The molecule has 4 rings (SSSR count). The zero-order chi connectivity index (χ0) is 18.3. The quantitative estimate of drug-likeness (QED) is 0.634. The van der Waals surface area contributed by atoms with Gasteiger partial charge in [0.1, 0.15) is 4.88 Å². The van der Waals surface area contributed by atoms with Gasteiger partial charge in [-0.15, -0.1) is 21.5 Å². The number of aromatic nitrogens is 3. The number of thioether (sulfide) groups is 1. The summed E-state index contributed by atoms with van der Waals surface area (Å²) in [5.41, 5.74) is 3.10. The molecule has 0 radical (unpaired) electrons. The number of benzene rings is 1. The van der Waals surface area contributed by atoms with Crippen LogP contribution >= 0.6 is 23.1 Å². The Morgan fingerprint density at radius 2 is 2.12 bits per heavy atom. The predicted molar refractivity (Wildman–Crippen MR) is 103 cm³/mol. The van der Waals surface area contributed by atoms with Crippen LogP contribution in [0.15, 0.2) is 33.9 Å². The molecule has 1 atom stereocenters. The summed E-state index contributed by atoms with van der Waals surface area (Å²) < 4.78 is 5.76. The maximum Gasteiger partial charge on any atom is 0.277 e. The van der Waals surface area contributed by atoms with Gasteiger partial charge in [0, 0.05) is 12.2 Å². The fourth-order valence-electron chi connectivity index (χ4n) is 3.07. The molecule has 0 N–H and O–H groups in total. The number of para-hydroxylation sites is 1. The van der Waals surface area contributed by atoms with Crippen LogP contribution in [0.1, 0.15) is 23.2 Å². The van der Waals surface area contributed by atoms with Gasteiger partial charge in [-0.1, -0.05) is 30.0 Å². The molecule has 0 saturated carbocycles. The molecule has 8 heteroatoms. The third-order valence-electron chi connectivity index (χ3n) is 4.28. The molecule has 134 valence electrons. The lowest BCUT2D eigenvalue weighted by atomic mass is 10.2. The Morgan fingerprint density at radius 3 is 2.88 bits per heavy atom. The second kappa shape index (κ2) is 6.85. The Morgan fingerprint density at radius 1 is 1.31 bits per heavy atom. The summed E-state index contributed by atoms with van der Waals surface area (Å²) in [6.07, 6.45) is 0.897. The number of fused-ring (bicyclic) bond motifs is 1. The van der Waals surface area contributed by atoms with E-state index in [1.54, 1.807) is 0 Å². The van der Waals surface area contributed by atoms with Crippen LogP contribution in [0.25, 0.3) is 10.8 Å².